The van der Waals surface area contributed by atoms with E-state index in [0.717, 1.165) is 30.4 Å². The maximum Gasteiger partial charge on any atom is 0.389 e. The fraction of sp³-hybridized carbons (Fsp3) is 0.522. The number of hydrogen-bond donors (Lipinski definition) is 3. The molecule has 2 heterocycles. The third-order valence-corrected chi connectivity index (χ3v) is 6.16. The van der Waals surface area contributed by atoms with E-state index in [0.29, 0.717) is 28.3 Å². The number of aryl methyl sites for hydroxylation is 1. The lowest BCUT2D eigenvalue weighted by Crippen LogP contribution is -2.45. The highest BCUT2D eigenvalue weighted by Crippen LogP contribution is 2.39. The van der Waals surface area contributed by atoms with Crippen molar-refractivity contribution in [3.05, 3.63) is 34.5 Å². The lowest BCUT2D eigenvalue weighted by Gasteiger charge is -2.28. The van der Waals surface area contributed by atoms with Gasteiger partial charge in [0.05, 0.1) is 37.7 Å². The monoisotopic (exact) mass is 479 g/mol. The van der Waals surface area contributed by atoms with Gasteiger partial charge in [-0.05, 0) is 49.8 Å². The number of urea groups is 1. The Morgan fingerprint density at radius 3 is 2.71 bits per heavy atom. The van der Waals surface area contributed by atoms with Crippen LogP contribution in [0.15, 0.2) is 12.1 Å². The van der Waals surface area contributed by atoms with Gasteiger partial charge < -0.3 is 25.8 Å². The average molecular weight is 480 g/mol. The molecular weight excluding hydrogens is 451 g/mol. The molecule has 1 aromatic heterocycles. The van der Waals surface area contributed by atoms with Gasteiger partial charge in [-0.3, -0.25) is 0 Å². The van der Waals surface area contributed by atoms with Crippen LogP contribution in [0.25, 0.3) is 11.3 Å². The van der Waals surface area contributed by atoms with Gasteiger partial charge in [0, 0.05) is 23.6 Å². The van der Waals surface area contributed by atoms with Crippen molar-refractivity contribution in [2.75, 3.05) is 12.3 Å². The Labute approximate surface area is 195 Å². The number of amides is 2. The normalized spacial score (nSPS) is 15.7. The summed E-state index contributed by atoms with van der Waals surface area (Å²) in [5.41, 5.74) is 9.65. The van der Waals surface area contributed by atoms with Crippen molar-refractivity contribution >= 4 is 12.0 Å². The van der Waals surface area contributed by atoms with Gasteiger partial charge in [0.15, 0.2) is 0 Å². The second-order valence-corrected chi connectivity index (χ2v) is 8.80. The fourth-order valence-corrected chi connectivity index (χ4v) is 4.23. The third-order valence-electron chi connectivity index (χ3n) is 6.16. The number of aliphatic hydroxyl groups is 1. The number of hydrogen-bond acceptors (Lipinski definition) is 6. The minimum atomic E-state index is -4.26. The molecule has 8 nitrogen and oxygen atoms in total. The van der Waals surface area contributed by atoms with Crippen LogP contribution >= 0.6 is 0 Å². The van der Waals surface area contributed by atoms with Gasteiger partial charge in [-0.2, -0.15) is 13.2 Å². The van der Waals surface area contributed by atoms with Crippen molar-refractivity contribution in [1.29, 1.82) is 0 Å². The minimum absolute atomic E-state index is 0.0312. The number of carbonyl (C=O) groups is 1. The van der Waals surface area contributed by atoms with Crippen LogP contribution in [0.4, 0.5) is 23.9 Å². The maximum absolute atomic E-state index is 12.7. The second-order valence-electron chi connectivity index (χ2n) is 8.80. The van der Waals surface area contributed by atoms with Crippen LogP contribution in [0, 0.1) is 6.92 Å². The molecule has 1 fully saturated rings. The van der Waals surface area contributed by atoms with Crippen LogP contribution < -0.4 is 15.8 Å². The van der Waals surface area contributed by atoms with Crippen molar-refractivity contribution in [2.45, 2.75) is 70.9 Å². The lowest BCUT2D eigenvalue weighted by molar-refractivity contribution is -0.136. The van der Waals surface area contributed by atoms with Crippen LogP contribution in [0.3, 0.4) is 0 Å². The summed E-state index contributed by atoms with van der Waals surface area (Å²) in [6.45, 7) is 1.96. The average Bonchev–Trinajstić information content (AvgIpc) is 3.16. The molecule has 1 aromatic carbocycles. The number of aromatic nitrogens is 2. The molecule has 2 aliphatic rings. The number of nitrogen functional groups attached to an aromatic ring is 1. The lowest BCUT2D eigenvalue weighted by atomic mass is 9.93. The van der Waals surface area contributed by atoms with E-state index < -0.39 is 12.6 Å². The van der Waals surface area contributed by atoms with Gasteiger partial charge in [-0.25, -0.2) is 14.8 Å². The molecule has 34 heavy (non-hydrogen) atoms. The molecule has 1 aliphatic carbocycles. The Bertz CT molecular complexity index is 1070. The van der Waals surface area contributed by atoms with Gasteiger partial charge in [0.25, 0.3) is 0 Å². The van der Waals surface area contributed by atoms with Crippen LogP contribution in [-0.4, -0.2) is 44.8 Å². The summed E-state index contributed by atoms with van der Waals surface area (Å²) >= 11 is 0. The summed E-state index contributed by atoms with van der Waals surface area (Å²) in [6.07, 6.45) is -2.38. The number of nitrogens with zero attached hydrogens (tertiary/aromatic N) is 3. The quantitative estimate of drug-likeness (QED) is 0.521. The van der Waals surface area contributed by atoms with E-state index in [1.807, 2.05) is 0 Å². The first-order valence-corrected chi connectivity index (χ1v) is 11.3. The number of nitrogens with two attached hydrogens (primary N) is 1. The van der Waals surface area contributed by atoms with E-state index in [2.05, 4.69) is 15.3 Å². The zero-order chi connectivity index (χ0) is 24.5. The molecule has 184 valence electrons. The molecule has 0 unspecified atom stereocenters. The van der Waals surface area contributed by atoms with Crippen LogP contribution in [0.5, 0.6) is 5.75 Å². The summed E-state index contributed by atoms with van der Waals surface area (Å²) in [5.74, 6) is 0.340. The molecule has 4 rings (SSSR count). The number of anilines is 1. The molecule has 2 aromatic rings. The molecule has 11 heteroatoms. The van der Waals surface area contributed by atoms with Crippen molar-refractivity contribution in [2.24, 2.45) is 0 Å². The number of benzene rings is 1. The highest BCUT2D eigenvalue weighted by molar-refractivity contribution is 5.79. The summed E-state index contributed by atoms with van der Waals surface area (Å²) in [5, 5.41) is 12.6. The first kappa shape index (κ1) is 24.1. The molecule has 0 saturated heterocycles. The van der Waals surface area contributed by atoms with Gasteiger partial charge >= 0.3 is 12.2 Å². The van der Waals surface area contributed by atoms with Crippen molar-refractivity contribution in [1.82, 2.24) is 20.2 Å². The molecule has 0 spiro atoms. The summed E-state index contributed by atoms with van der Waals surface area (Å²) in [6, 6.07) is 3.37. The molecule has 1 saturated carbocycles. The predicted molar refractivity (Wildman–Crippen MR) is 119 cm³/mol. The SMILES string of the molecule is Cc1cc(CO)cc(OCCCC(F)(F)F)c1-c1nc(N)nc2c1CN(C(=O)NC1CCC1)C2. The molecule has 0 bridgehead atoms. The van der Waals surface area contributed by atoms with E-state index >= 15 is 0 Å². The molecule has 4 N–H and O–H groups in total. The van der Waals surface area contributed by atoms with Crippen LogP contribution in [0.1, 0.15) is 54.5 Å². The van der Waals surface area contributed by atoms with E-state index in [1.54, 1.807) is 24.0 Å². The number of carbonyl (C=O) groups excluding carboxylic acids is 1. The summed E-state index contributed by atoms with van der Waals surface area (Å²) in [4.78, 5) is 23.1. The predicted octanol–water partition coefficient (Wildman–Crippen LogP) is 3.83. The Morgan fingerprint density at radius 1 is 1.29 bits per heavy atom. The molecule has 0 radical (unpaired) electrons. The Hall–Kier alpha value is -3.08. The molecule has 1 aliphatic heterocycles. The van der Waals surface area contributed by atoms with E-state index in [4.69, 9.17) is 10.5 Å². The number of rotatable bonds is 7. The third kappa shape index (κ3) is 5.35. The second kappa shape index (κ2) is 9.65. The van der Waals surface area contributed by atoms with Gasteiger partial charge in [0.2, 0.25) is 5.95 Å². The fourth-order valence-electron chi connectivity index (χ4n) is 4.23. The van der Waals surface area contributed by atoms with Crippen LogP contribution in [-0.2, 0) is 19.7 Å². The Kier molecular flexibility index (Phi) is 6.83. The highest BCUT2D eigenvalue weighted by atomic mass is 19.4. The van der Waals surface area contributed by atoms with E-state index in [1.165, 1.54) is 0 Å². The topological polar surface area (TPSA) is 114 Å². The molecule has 2 amide bonds. The van der Waals surface area contributed by atoms with Crippen molar-refractivity contribution in [3.63, 3.8) is 0 Å². The zero-order valence-electron chi connectivity index (χ0n) is 18.9. The van der Waals surface area contributed by atoms with Crippen molar-refractivity contribution in [3.8, 4) is 17.0 Å². The summed E-state index contributed by atoms with van der Waals surface area (Å²) < 4.78 is 43.4. The number of halogens is 3. The smallest absolute Gasteiger partial charge is 0.389 e. The summed E-state index contributed by atoms with van der Waals surface area (Å²) in [7, 11) is 0. The Balaban J connectivity index is 1.63. The van der Waals surface area contributed by atoms with Gasteiger partial charge in [-0.1, -0.05) is 6.07 Å². The number of alkyl halides is 3. The first-order valence-electron chi connectivity index (χ1n) is 11.3. The van der Waals surface area contributed by atoms with Crippen molar-refractivity contribution < 1.29 is 27.8 Å². The standard InChI is InChI=1S/C23H28F3N5O3/c1-13-8-14(12-32)9-18(34-7-3-6-23(24,25)26)19(13)20-16-10-31(11-17(16)29-21(27)30-20)22(33)28-15-4-2-5-15/h8-9,15,32H,2-7,10-12H2,1H3,(H,28,33)(H2,27,29,30). The first-order chi connectivity index (χ1) is 16.1. The zero-order valence-corrected chi connectivity index (χ0v) is 18.9. The van der Waals surface area contributed by atoms with Crippen LogP contribution in [0.2, 0.25) is 0 Å². The van der Waals surface area contributed by atoms with E-state index in [9.17, 15) is 23.1 Å². The number of aliphatic hydroxyl groups excluding tert-OH is 1. The Morgan fingerprint density at radius 2 is 2.06 bits per heavy atom. The molecular formula is C23H28F3N5O3. The van der Waals surface area contributed by atoms with E-state index in [-0.39, 0.29) is 50.7 Å². The van der Waals surface area contributed by atoms with Gasteiger partial charge in [0.1, 0.15) is 5.75 Å². The highest BCUT2D eigenvalue weighted by Gasteiger charge is 2.32. The largest absolute Gasteiger partial charge is 0.493 e. The van der Waals surface area contributed by atoms with Gasteiger partial charge in [-0.15, -0.1) is 0 Å². The maximum atomic E-state index is 12.7. The molecule has 0 atom stereocenters. The number of fused-ring (bicyclic) bond motifs is 1. The minimum Gasteiger partial charge on any atom is -0.493 e. The number of ether oxygens (including phenoxy) is 1. The number of nitrogens with one attached hydrogen (secondary N) is 1.